The van der Waals surface area contributed by atoms with Gasteiger partial charge in [0.05, 0.1) is 6.04 Å². The van der Waals surface area contributed by atoms with Crippen molar-refractivity contribution >= 4 is 28.6 Å². The zero-order valence-electron chi connectivity index (χ0n) is 14.9. The second-order valence-corrected chi connectivity index (χ2v) is 6.98. The number of anilines is 2. The molecule has 0 spiro atoms. The first kappa shape index (κ1) is 18.0. The maximum atomic E-state index is 12.4. The van der Waals surface area contributed by atoms with Crippen LogP contribution in [-0.2, 0) is 4.79 Å². The summed E-state index contributed by atoms with van der Waals surface area (Å²) in [4.78, 5) is 15.2. The fourth-order valence-electron chi connectivity index (χ4n) is 2.51. The normalized spacial score (nSPS) is 11.6. The molecule has 1 amide bonds. The molecule has 0 aliphatic heterocycles. The van der Waals surface area contributed by atoms with E-state index in [1.54, 1.807) is 16.2 Å². The highest BCUT2D eigenvalue weighted by Crippen LogP contribution is 2.24. The minimum atomic E-state index is -0.0441. The molecule has 2 aromatic carbocycles. The highest BCUT2D eigenvalue weighted by molar-refractivity contribution is 7.10. The number of thiophene rings is 1. The number of ether oxygens (including phenoxy) is 1. The molecule has 3 aromatic rings. The number of hydrogen-bond donors (Lipinski definition) is 1. The Bertz CT molecular complexity index is 817. The minimum Gasteiger partial charge on any atom is -0.484 e. The Hall–Kier alpha value is -2.79. The third kappa shape index (κ3) is 4.64. The number of nitrogens with zero attached hydrogens (tertiary/aromatic N) is 1. The smallest absolute Gasteiger partial charge is 0.260 e. The predicted octanol–water partition coefficient (Wildman–Crippen LogP) is 5.09. The van der Waals surface area contributed by atoms with Crippen LogP contribution in [0.4, 0.5) is 11.4 Å². The zero-order chi connectivity index (χ0) is 18.4. The maximum Gasteiger partial charge on any atom is 0.260 e. The summed E-state index contributed by atoms with van der Waals surface area (Å²) in [7, 11) is 1.81. The van der Waals surface area contributed by atoms with Gasteiger partial charge in [-0.25, -0.2) is 0 Å². The second-order valence-electron chi connectivity index (χ2n) is 6.00. The quantitative estimate of drug-likeness (QED) is 0.633. The number of nitrogens with one attached hydrogen (secondary N) is 1. The summed E-state index contributed by atoms with van der Waals surface area (Å²) in [6, 6.07) is 21.6. The first-order chi connectivity index (χ1) is 12.6. The lowest BCUT2D eigenvalue weighted by Gasteiger charge is -2.24. The lowest BCUT2D eigenvalue weighted by molar-refractivity contribution is -0.133. The molecule has 0 aliphatic rings. The fraction of sp³-hybridized carbons (Fsp3) is 0.190. The molecule has 0 fully saturated rings. The molecule has 1 aromatic heterocycles. The van der Waals surface area contributed by atoms with Crippen LogP contribution in [0.2, 0.25) is 0 Å². The first-order valence-corrected chi connectivity index (χ1v) is 9.35. The van der Waals surface area contributed by atoms with Crippen LogP contribution in [0.15, 0.2) is 72.1 Å². The lowest BCUT2D eigenvalue weighted by Crippen LogP contribution is -2.33. The summed E-state index contributed by atoms with van der Waals surface area (Å²) in [6.07, 6.45) is 0. The summed E-state index contributed by atoms with van der Waals surface area (Å²) in [6.45, 7) is 2.05. The van der Waals surface area contributed by atoms with Crippen molar-refractivity contribution in [2.75, 3.05) is 19.0 Å². The van der Waals surface area contributed by atoms with E-state index in [1.165, 1.54) is 0 Å². The standard InChI is InChI=1S/C21H22N2O2S/c1-16(20-9-6-14-26-20)23(2)21(24)15-25-19-12-10-18(11-13-19)22-17-7-4-3-5-8-17/h3-14,16,22H,15H2,1-2H3. The van der Waals surface area contributed by atoms with E-state index in [-0.39, 0.29) is 18.6 Å². The number of para-hydroxylation sites is 1. The van der Waals surface area contributed by atoms with Crippen molar-refractivity contribution in [1.82, 2.24) is 4.90 Å². The largest absolute Gasteiger partial charge is 0.484 e. The van der Waals surface area contributed by atoms with Gasteiger partial charge in [0, 0.05) is 23.3 Å². The van der Waals surface area contributed by atoms with Gasteiger partial charge in [0.2, 0.25) is 0 Å². The van der Waals surface area contributed by atoms with Gasteiger partial charge >= 0.3 is 0 Å². The van der Waals surface area contributed by atoms with Crippen LogP contribution in [0.1, 0.15) is 17.8 Å². The number of carbonyl (C=O) groups excluding carboxylic acids is 1. The van der Waals surface area contributed by atoms with E-state index in [1.807, 2.05) is 86.1 Å². The monoisotopic (exact) mass is 366 g/mol. The van der Waals surface area contributed by atoms with E-state index in [4.69, 9.17) is 4.74 Å². The topological polar surface area (TPSA) is 41.6 Å². The molecule has 0 saturated carbocycles. The summed E-state index contributed by atoms with van der Waals surface area (Å²) in [5.41, 5.74) is 2.00. The predicted molar refractivity (Wildman–Crippen MR) is 107 cm³/mol. The molecule has 0 saturated heterocycles. The van der Waals surface area contributed by atoms with Crippen molar-refractivity contribution in [3.63, 3.8) is 0 Å². The van der Waals surface area contributed by atoms with Gasteiger partial charge in [-0.15, -0.1) is 11.3 Å². The Labute approximate surface area is 158 Å². The van der Waals surface area contributed by atoms with Gasteiger partial charge in [-0.3, -0.25) is 4.79 Å². The third-order valence-electron chi connectivity index (χ3n) is 4.21. The van der Waals surface area contributed by atoms with E-state index >= 15 is 0 Å². The van der Waals surface area contributed by atoms with Gasteiger partial charge in [0.15, 0.2) is 6.61 Å². The van der Waals surface area contributed by atoms with Crippen LogP contribution in [0.5, 0.6) is 5.75 Å². The number of amides is 1. The molecule has 5 heteroatoms. The molecular formula is C21H22N2O2S. The average molecular weight is 366 g/mol. The molecule has 4 nitrogen and oxygen atoms in total. The summed E-state index contributed by atoms with van der Waals surface area (Å²) in [5.74, 6) is 0.631. The van der Waals surface area contributed by atoms with E-state index < -0.39 is 0 Å². The van der Waals surface area contributed by atoms with Crippen LogP contribution in [0, 0.1) is 0 Å². The number of carbonyl (C=O) groups is 1. The van der Waals surface area contributed by atoms with Crippen LogP contribution in [-0.4, -0.2) is 24.5 Å². The van der Waals surface area contributed by atoms with Gasteiger partial charge < -0.3 is 15.0 Å². The number of likely N-dealkylation sites (N-methyl/N-ethyl adjacent to an activating group) is 1. The van der Waals surface area contributed by atoms with Gasteiger partial charge in [0.25, 0.3) is 5.91 Å². The van der Waals surface area contributed by atoms with Crippen molar-refractivity contribution in [1.29, 1.82) is 0 Å². The Morgan fingerprint density at radius 3 is 2.38 bits per heavy atom. The van der Waals surface area contributed by atoms with E-state index in [0.29, 0.717) is 5.75 Å². The number of benzene rings is 2. The third-order valence-corrected chi connectivity index (χ3v) is 5.25. The second kappa shape index (κ2) is 8.54. The molecule has 1 N–H and O–H groups in total. The molecule has 1 unspecified atom stereocenters. The van der Waals surface area contributed by atoms with Gasteiger partial charge in [-0.2, -0.15) is 0 Å². The molecule has 26 heavy (non-hydrogen) atoms. The Kier molecular flexibility index (Phi) is 5.92. The molecule has 134 valence electrons. The van der Waals surface area contributed by atoms with Crippen LogP contribution < -0.4 is 10.1 Å². The Morgan fingerprint density at radius 1 is 1.04 bits per heavy atom. The number of rotatable bonds is 7. The van der Waals surface area contributed by atoms with Gasteiger partial charge in [-0.05, 0) is 54.8 Å². The van der Waals surface area contributed by atoms with Crippen molar-refractivity contribution in [2.45, 2.75) is 13.0 Å². The van der Waals surface area contributed by atoms with E-state index in [9.17, 15) is 4.79 Å². The average Bonchev–Trinajstić information content (AvgIpc) is 3.21. The molecule has 0 bridgehead atoms. The van der Waals surface area contributed by atoms with Crippen LogP contribution in [0.3, 0.4) is 0 Å². The summed E-state index contributed by atoms with van der Waals surface area (Å²) >= 11 is 1.65. The maximum absolute atomic E-state index is 12.4. The van der Waals surface area contributed by atoms with Crippen molar-refractivity contribution in [3.05, 3.63) is 77.0 Å². The van der Waals surface area contributed by atoms with Crippen LogP contribution >= 0.6 is 11.3 Å². The molecule has 0 radical (unpaired) electrons. The molecule has 3 rings (SSSR count). The van der Waals surface area contributed by atoms with Crippen molar-refractivity contribution in [2.24, 2.45) is 0 Å². The number of hydrogen-bond acceptors (Lipinski definition) is 4. The summed E-state index contributed by atoms with van der Waals surface area (Å²) < 4.78 is 5.65. The molecule has 1 heterocycles. The van der Waals surface area contributed by atoms with Crippen molar-refractivity contribution < 1.29 is 9.53 Å². The lowest BCUT2D eigenvalue weighted by atomic mass is 10.2. The summed E-state index contributed by atoms with van der Waals surface area (Å²) in [5, 5.41) is 5.33. The SMILES string of the molecule is CC(c1cccs1)N(C)C(=O)COc1ccc(Nc2ccccc2)cc1. The molecule has 1 atom stereocenters. The van der Waals surface area contributed by atoms with Crippen molar-refractivity contribution in [3.8, 4) is 5.75 Å². The van der Waals surface area contributed by atoms with E-state index in [0.717, 1.165) is 16.3 Å². The highest BCUT2D eigenvalue weighted by Gasteiger charge is 2.18. The Balaban J connectivity index is 1.52. The Morgan fingerprint density at radius 2 is 1.73 bits per heavy atom. The fourth-order valence-corrected chi connectivity index (χ4v) is 3.33. The highest BCUT2D eigenvalue weighted by atomic mass is 32.1. The van der Waals surface area contributed by atoms with E-state index in [2.05, 4.69) is 5.32 Å². The van der Waals surface area contributed by atoms with Gasteiger partial charge in [0.1, 0.15) is 5.75 Å². The van der Waals surface area contributed by atoms with Crippen LogP contribution in [0.25, 0.3) is 0 Å². The minimum absolute atomic E-state index is 0.0255. The zero-order valence-corrected chi connectivity index (χ0v) is 15.7. The van der Waals surface area contributed by atoms with Gasteiger partial charge in [-0.1, -0.05) is 24.3 Å². The molecule has 0 aliphatic carbocycles. The molecular weight excluding hydrogens is 344 g/mol. The first-order valence-electron chi connectivity index (χ1n) is 8.47.